The number of allylic oxidation sites excluding steroid dienone is 2. The topological polar surface area (TPSA) is 46.5 Å². The van der Waals surface area contributed by atoms with E-state index in [1.807, 2.05) is 20.8 Å². The molecule has 34 heavy (non-hydrogen) atoms. The molecule has 0 aliphatic rings. The van der Waals surface area contributed by atoms with Gasteiger partial charge in [-0.2, -0.15) is 0 Å². The summed E-state index contributed by atoms with van der Waals surface area (Å²) in [4.78, 5) is 11.5. The lowest BCUT2D eigenvalue weighted by Crippen LogP contribution is -2.07. The molecule has 194 valence electrons. The van der Waals surface area contributed by atoms with Crippen LogP contribution in [0.25, 0.3) is 0 Å². The Labute approximate surface area is 210 Å². The maximum Gasteiger partial charge on any atom is 0.308 e. The van der Waals surface area contributed by atoms with Gasteiger partial charge < -0.3 is 9.84 Å². The summed E-state index contributed by atoms with van der Waals surface area (Å²) in [6.45, 7) is 18.8. The third kappa shape index (κ3) is 10.7. The molecule has 0 saturated carbocycles. The molecule has 0 bridgehead atoms. The van der Waals surface area contributed by atoms with Crippen LogP contribution >= 0.6 is 0 Å². The first kappa shape index (κ1) is 30.3. The Morgan fingerprint density at radius 1 is 0.824 bits per heavy atom. The van der Waals surface area contributed by atoms with Crippen LogP contribution in [-0.2, 0) is 11.2 Å². The van der Waals surface area contributed by atoms with Gasteiger partial charge in [0.05, 0.1) is 0 Å². The van der Waals surface area contributed by atoms with Gasteiger partial charge in [0.1, 0.15) is 11.5 Å². The predicted molar refractivity (Wildman–Crippen MR) is 146 cm³/mol. The van der Waals surface area contributed by atoms with E-state index in [9.17, 15) is 9.90 Å². The number of benzene rings is 1. The molecule has 1 aromatic rings. The zero-order chi connectivity index (χ0) is 25.8. The number of phenolic OH excluding ortho intramolecular Hbond substituents is 1. The van der Waals surface area contributed by atoms with E-state index >= 15 is 0 Å². The predicted octanol–water partition coefficient (Wildman–Crippen LogP) is 9.17. The quantitative estimate of drug-likeness (QED) is 0.157. The van der Waals surface area contributed by atoms with E-state index in [4.69, 9.17) is 4.74 Å². The van der Waals surface area contributed by atoms with Crippen LogP contribution in [0.15, 0.2) is 11.6 Å². The molecule has 0 spiro atoms. The number of aromatic hydroxyl groups is 1. The molecule has 1 rings (SSSR count). The number of carbonyl (C=O) groups is 1. The lowest BCUT2D eigenvalue weighted by molar-refractivity contribution is -0.131. The molecule has 0 amide bonds. The first-order chi connectivity index (χ1) is 15.9. The zero-order valence-electron chi connectivity index (χ0n) is 23.6. The molecule has 0 aliphatic carbocycles. The number of rotatable bonds is 15. The van der Waals surface area contributed by atoms with Crippen molar-refractivity contribution in [3.63, 3.8) is 0 Å². The van der Waals surface area contributed by atoms with Gasteiger partial charge in [0.15, 0.2) is 0 Å². The fourth-order valence-corrected chi connectivity index (χ4v) is 4.80. The summed E-state index contributed by atoms with van der Waals surface area (Å²) in [5, 5.41) is 10.7. The van der Waals surface area contributed by atoms with Crippen molar-refractivity contribution in [3.8, 4) is 11.5 Å². The minimum atomic E-state index is -0.330. The molecule has 3 nitrogen and oxygen atoms in total. The van der Waals surface area contributed by atoms with Crippen LogP contribution in [0.4, 0.5) is 0 Å². The normalized spacial score (nSPS) is 13.9. The third-order valence-corrected chi connectivity index (χ3v) is 7.38. The number of phenols is 1. The minimum Gasteiger partial charge on any atom is -0.507 e. The Balaban J connectivity index is 2.49. The second-order valence-corrected chi connectivity index (χ2v) is 11.2. The van der Waals surface area contributed by atoms with Crippen molar-refractivity contribution in [3.05, 3.63) is 33.9 Å². The summed E-state index contributed by atoms with van der Waals surface area (Å²) in [5.41, 5.74) is 4.68. The van der Waals surface area contributed by atoms with Crippen LogP contribution in [0.2, 0.25) is 0 Å². The molecule has 1 N–H and O–H groups in total. The largest absolute Gasteiger partial charge is 0.507 e. The lowest BCUT2D eigenvalue weighted by atomic mass is 9.91. The van der Waals surface area contributed by atoms with Crippen molar-refractivity contribution in [2.45, 2.75) is 127 Å². The summed E-state index contributed by atoms with van der Waals surface area (Å²) in [7, 11) is 0. The van der Waals surface area contributed by atoms with Gasteiger partial charge in [-0.15, -0.1) is 0 Å². The summed E-state index contributed by atoms with van der Waals surface area (Å²) in [6.07, 6.45) is 14.7. The molecule has 0 fully saturated rings. The average molecular weight is 473 g/mol. The number of hydrogen-bond acceptors (Lipinski definition) is 3. The zero-order valence-corrected chi connectivity index (χ0v) is 23.6. The second kappa shape index (κ2) is 15.3. The highest BCUT2D eigenvalue weighted by atomic mass is 16.5. The summed E-state index contributed by atoms with van der Waals surface area (Å²) < 4.78 is 5.46. The minimum absolute atomic E-state index is 0.321. The number of esters is 1. The van der Waals surface area contributed by atoms with E-state index in [0.717, 1.165) is 46.4 Å². The Bertz CT molecular complexity index is 804. The summed E-state index contributed by atoms with van der Waals surface area (Å²) in [5.74, 6) is 3.06. The summed E-state index contributed by atoms with van der Waals surface area (Å²) >= 11 is 0. The van der Waals surface area contributed by atoms with Crippen molar-refractivity contribution in [2.24, 2.45) is 17.8 Å². The van der Waals surface area contributed by atoms with E-state index in [0.29, 0.717) is 17.9 Å². The van der Waals surface area contributed by atoms with Gasteiger partial charge in [-0.1, -0.05) is 84.3 Å². The van der Waals surface area contributed by atoms with Crippen LogP contribution in [0.1, 0.15) is 122 Å². The molecule has 1 aromatic carbocycles. The molecule has 0 unspecified atom stereocenters. The van der Waals surface area contributed by atoms with Gasteiger partial charge in [0, 0.05) is 12.5 Å². The van der Waals surface area contributed by atoms with Crippen molar-refractivity contribution in [1.29, 1.82) is 0 Å². The fraction of sp³-hybridized carbons (Fsp3) is 0.710. The van der Waals surface area contributed by atoms with Crippen molar-refractivity contribution < 1.29 is 14.6 Å². The molecule has 0 saturated heterocycles. The third-order valence-electron chi connectivity index (χ3n) is 7.38. The smallest absolute Gasteiger partial charge is 0.308 e. The number of ether oxygens (including phenoxy) is 1. The van der Waals surface area contributed by atoms with E-state index in [1.54, 1.807) is 0 Å². The SMILES string of the molecule is CC(=O)Oc1c(C)c(C)c(O)c(C/C=C(\C)CCC[C@H](C)CCC[C@H](C)CCCC(C)C)c1C. The number of hydrogen-bond donors (Lipinski definition) is 1. The van der Waals surface area contributed by atoms with E-state index in [1.165, 1.54) is 63.9 Å². The van der Waals surface area contributed by atoms with E-state index < -0.39 is 0 Å². The maximum absolute atomic E-state index is 11.5. The molecular weight excluding hydrogens is 420 g/mol. The first-order valence-electron chi connectivity index (χ1n) is 13.6. The van der Waals surface area contributed by atoms with Gasteiger partial charge in [-0.25, -0.2) is 0 Å². The summed E-state index contributed by atoms with van der Waals surface area (Å²) in [6, 6.07) is 0. The Kier molecular flexibility index (Phi) is 13.6. The number of carbonyl (C=O) groups excluding carboxylic acids is 1. The van der Waals surface area contributed by atoms with Gasteiger partial charge >= 0.3 is 5.97 Å². The maximum atomic E-state index is 11.5. The molecule has 0 heterocycles. The standard InChI is InChI=1S/C31H52O3/c1-21(2)13-10-14-22(3)15-11-16-23(4)17-12-18-24(5)19-20-29-27(8)31(34-28(9)32)26(7)25(6)30(29)33/h19,21-23,33H,10-18,20H2,1-9H3/b24-19+/t22-,23-/m1/s1. The van der Waals surface area contributed by atoms with Gasteiger partial charge in [-0.05, 0) is 81.4 Å². The molecule has 0 aromatic heterocycles. The van der Waals surface area contributed by atoms with Crippen LogP contribution in [0.5, 0.6) is 11.5 Å². The first-order valence-corrected chi connectivity index (χ1v) is 13.6. The highest BCUT2D eigenvalue weighted by Gasteiger charge is 2.18. The van der Waals surface area contributed by atoms with Crippen LogP contribution in [-0.4, -0.2) is 11.1 Å². The molecule has 0 aliphatic heterocycles. The molecule has 0 radical (unpaired) electrons. The van der Waals surface area contributed by atoms with E-state index in [2.05, 4.69) is 40.7 Å². The molecule has 2 atom stereocenters. The van der Waals surface area contributed by atoms with Crippen LogP contribution < -0.4 is 4.74 Å². The lowest BCUT2D eigenvalue weighted by Gasteiger charge is -2.18. The average Bonchev–Trinajstić information content (AvgIpc) is 2.75. The molecule has 3 heteroatoms. The Morgan fingerprint density at radius 3 is 1.88 bits per heavy atom. The van der Waals surface area contributed by atoms with Crippen molar-refractivity contribution in [2.75, 3.05) is 0 Å². The molecular formula is C31H52O3. The Hall–Kier alpha value is -1.77. The highest BCUT2D eigenvalue weighted by Crippen LogP contribution is 2.37. The van der Waals surface area contributed by atoms with Crippen LogP contribution in [0, 0.1) is 38.5 Å². The van der Waals surface area contributed by atoms with Gasteiger partial charge in [-0.3, -0.25) is 4.79 Å². The highest BCUT2D eigenvalue weighted by molar-refractivity contribution is 5.72. The fourth-order valence-electron chi connectivity index (χ4n) is 4.80. The second-order valence-electron chi connectivity index (χ2n) is 11.2. The van der Waals surface area contributed by atoms with Gasteiger partial charge in [0.25, 0.3) is 0 Å². The van der Waals surface area contributed by atoms with Crippen molar-refractivity contribution in [1.82, 2.24) is 0 Å². The monoisotopic (exact) mass is 472 g/mol. The van der Waals surface area contributed by atoms with Gasteiger partial charge in [0.2, 0.25) is 0 Å². The Morgan fingerprint density at radius 2 is 1.35 bits per heavy atom. The van der Waals surface area contributed by atoms with E-state index in [-0.39, 0.29) is 5.97 Å². The van der Waals surface area contributed by atoms with Crippen molar-refractivity contribution >= 4 is 5.97 Å². The van der Waals surface area contributed by atoms with Crippen LogP contribution in [0.3, 0.4) is 0 Å².